The van der Waals surface area contributed by atoms with Crippen LogP contribution in [0.25, 0.3) is 0 Å². The number of nitrogens with zero attached hydrogens (tertiary/aromatic N) is 1. The van der Waals surface area contributed by atoms with E-state index in [1.54, 1.807) is 25.1 Å². The molecule has 2 amide bonds. The van der Waals surface area contributed by atoms with Crippen molar-refractivity contribution in [3.8, 4) is 0 Å². The summed E-state index contributed by atoms with van der Waals surface area (Å²) < 4.78 is 0. The van der Waals surface area contributed by atoms with E-state index in [2.05, 4.69) is 10.6 Å². The smallest absolute Gasteiger partial charge is 0.271 e. The third kappa shape index (κ3) is 6.20. The highest BCUT2D eigenvalue weighted by atomic mass is 32.2. The zero-order valence-corrected chi connectivity index (χ0v) is 19.4. The van der Waals surface area contributed by atoms with Crippen LogP contribution < -0.4 is 10.6 Å². The van der Waals surface area contributed by atoms with Gasteiger partial charge < -0.3 is 10.6 Å². The van der Waals surface area contributed by atoms with Gasteiger partial charge in [0.05, 0.1) is 15.9 Å². The van der Waals surface area contributed by atoms with Gasteiger partial charge in [0.25, 0.3) is 11.6 Å². The molecule has 7 nitrogen and oxygen atoms in total. The number of amides is 2. The van der Waals surface area contributed by atoms with E-state index < -0.39 is 10.2 Å². The van der Waals surface area contributed by atoms with Gasteiger partial charge >= 0.3 is 0 Å². The summed E-state index contributed by atoms with van der Waals surface area (Å²) in [6.07, 6.45) is 0.560. The van der Waals surface area contributed by atoms with E-state index in [9.17, 15) is 19.7 Å². The van der Waals surface area contributed by atoms with E-state index in [0.29, 0.717) is 23.4 Å². The Morgan fingerprint density at radius 2 is 1.73 bits per heavy atom. The molecule has 8 heteroatoms. The quantitative estimate of drug-likeness (QED) is 0.243. The molecule has 2 N–H and O–H groups in total. The number of nitrogens with one attached hydrogen (secondary N) is 2. The largest absolute Gasteiger partial charge is 0.325 e. The van der Waals surface area contributed by atoms with E-state index in [1.807, 2.05) is 50.2 Å². The van der Waals surface area contributed by atoms with E-state index in [-0.39, 0.29) is 17.5 Å². The van der Waals surface area contributed by atoms with Gasteiger partial charge in [-0.2, -0.15) is 0 Å². The molecule has 3 aromatic carbocycles. The first-order chi connectivity index (χ1) is 15.8. The topological polar surface area (TPSA) is 101 Å². The number of hydrogen-bond acceptors (Lipinski definition) is 5. The van der Waals surface area contributed by atoms with Crippen LogP contribution in [0.2, 0.25) is 0 Å². The normalized spacial score (nSPS) is 11.5. The molecule has 3 aromatic rings. The minimum atomic E-state index is -0.488. The van der Waals surface area contributed by atoms with Crippen molar-refractivity contribution in [2.24, 2.45) is 0 Å². The molecule has 0 aliphatic heterocycles. The fourth-order valence-corrected chi connectivity index (χ4v) is 4.24. The third-order valence-corrected chi connectivity index (χ3v) is 6.47. The second kappa shape index (κ2) is 10.8. The Morgan fingerprint density at radius 3 is 2.42 bits per heavy atom. The second-order valence-electron chi connectivity index (χ2n) is 7.56. The van der Waals surface area contributed by atoms with Crippen LogP contribution in [0, 0.1) is 24.0 Å². The number of nitro benzene ring substituents is 1. The molecule has 3 rings (SSSR count). The molecule has 0 saturated carbocycles. The molecule has 0 fully saturated rings. The minimum absolute atomic E-state index is 0.0753. The second-order valence-corrected chi connectivity index (χ2v) is 8.83. The van der Waals surface area contributed by atoms with Crippen molar-refractivity contribution in [1.82, 2.24) is 0 Å². The first-order valence-electron chi connectivity index (χ1n) is 10.5. The van der Waals surface area contributed by atoms with Gasteiger partial charge in [-0.1, -0.05) is 37.3 Å². The van der Waals surface area contributed by atoms with E-state index >= 15 is 0 Å². The number of thioether (sulfide) groups is 1. The zero-order valence-electron chi connectivity index (χ0n) is 18.6. The molecule has 0 aromatic heterocycles. The summed E-state index contributed by atoms with van der Waals surface area (Å²) in [6, 6.07) is 19.1. The van der Waals surface area contributed by atoms with Crippen LogP contribution in [-0.4, -0.2) is 22.0 Å². The van der Waals surface area contributed by atoms with Crippen molar-refractivity contribution in [1.29, 1.82) is 0 Å². The molecule has 0 bridgehead atoms. The standard InChI is InChI=1S/C25H25N3O4S/c1-4-23(25(30)27-22-15-19(28(31)32)13-12-17(22)3)33-20-10-7-9-18(14-20)26-24(29)21-11-6-5-8-16(21)2/h5-15,23H,4H2,1-3H3,(H,26,29)(H,27,30). The van der Waals surface area contributed by atoms with Crippen molar-refractivity contribution in [2.75, 3.05) is 10.6 Å². The number of rotatable bonds is 8. The Labute approximate surface area is 196 Å². The highest BCUT2D eigenvalue weighted by Gasteiger charge is 2.20. The van der Waals surface area contributed by atoms with Crippen molar-refractivity contribution < 1.29 is 14.5 Å². The maximum absolute atomic E-state index is 12.9. The lowest BCUT2D eigenvalue weighted by molar-refractivity contribution is -0.384. The van der Waals surface area contributed by atoms with Gasteiger partial charge in [0.15, 0.2) is 0 Å². The number of nitro groups is 1. The van der Waals surface area contributed by atoms with E-state index in [4.69, 9.17) is 0 Å². The molecule has 0 aliphatic rings. The molecule has 0 saturated heterocycles. The van der Waals surface area contributed by atoms with Gasteiger partial charge in [-0.3, -0.25) is 19.7 Å². The maximum Gasteiger partial charge on any atom is 0.271 e. The first-order valence-corrected chi connectivity index (χ1v) is 11.4. The van der Waals surface area contributed by atoms with Gasteiger partial charge in [-0.15, -0.1) is 11.8 Å². The van der Waals surface area contributed by atoms with Crippen molar-refractivity contribution in [2.45, 2.75) is 37.3 Å². The Kier molecular flexibility index (Phi) is 7.84. The van der Waals surface area contributed by atoms with Crippen LogP contribution in [0.1, 0.15) is 34.8 Å². The van der Waals surface area contributed by atoms with Crippen molar-refractivity contribution >= 4 is 40.6 Å². The summed E-state index contributed by atoms with van der Waals surface area (Å²) >= 11 is 1.38. The highest BCUT2D eigenvalue weighted by molar-refractivity contribution is 8.00. The third-order valence-electron chi connectivity index (χ3n) is 5.11. The molecule has 33 heavy (non-hydrogen) atoms. The van der Waals surface area contributed by atoms with Gasteiger partial charge in [0, 0.05) is 28.3 Å². The number of aryl methyl sites for hydroxylation is 2. The fourth-order valence-electron chi connectivity index (χ4n) is 3.23. The number of non-ortho nitro benzene ring substituents is 1. The lowest BCUT2D eigenvalue weighted by atomic mass is 10.1. The Morgan fingerprint density at radius 1 is 0.970 bits per heavy atom. The van der Waals surface area contributed by atoms with Crippen molar-refractivity contribution in [3.63, 3.8) is 0 Å². The lowest BCUT2D eigenvalue weighted by Crippen LogP contribution is -2.25. The molecule has 1 unspecified atom stereocenters. The number of carbonyl (C=O) groups is 2. The van der Waals surface area contributed by atoms with E-state index in [0.717, 1.165) is 16.0 Å². The molecule has 170 valence electrons. The van der Waals surface area contributed by atoms with Crippen LogP contribution in [-0.2, 0) is 4.79 Å². The monoisotopic (exact) mass is 463 g/mol. The predicted molar refractivity (Wildman–Crippen MR) is 132 cm³/mol. The molecule has 1 atom stereocenters. The van der Waals surface area contributed by atoms with Crippen LogP contribution in [0.4, 0.5) is 17.1 Å². The summed E-state index contributed by atoms with van der Waals surface area (Å²) in [5.74, 6) is -0.429. The minimum Gasteiger partial charge on any atom is -0.325 e. The Bertz CT molecular complexity index is 1200. The van der Waals surface area contributed by atoms with Crippen LogP contribution in [0.5, 0.6) is 0 Å². The average Bonchev–Trinajstić information content (AvgIpc) is 2.79. The Balaban J connectivity index is 1.71. The first kappa shape index (κ1) is 24.0. The van der Waals surface area contributed by atoms with E-state index in [1.165, 1.54) is 23.9 Å². The Hall–Kier alpha value is -3.65. The summed E-state index contributed by atoms with van der Waals surface area (Å²) in [4.78, 5) is 36.9. The molecular formula is C25H25N3O4S. The number of anilines is 2. The average molecular weight is 464 g/mol. The maximum atomic E-state index is 12.9. The van der Waals surface area contributed by atoms with Crippen LogP contribution in [0.3, 0.4) is 0 Å². The van der Waals surface area contributed by atoms with Gasteiger partial charge in [0.1, 0.15) is 0 Å². The fraction of sp³-hybridized carbons (Fsp3) is 0.200. The molecule has 0 heterocycles. The number of benzene rings is 3. The molecule has 0 aliphatic carbocycles. The van der Waals surface area contributed by atoms with Gasteiger partial charge in [0.2, 0.25) is 5.91 Å². The van der Waals surface area contributed by atoms with Gasteiger partial charge in [-0.25, -0.2) is 0 Å². The summed E-state index contributed by atoms with van der Waals surface area (Å²) in [5, 5.41) is 16.4. The number of carbonyl (C=O) groups excluding carboxylic acids is 2. The lowest BCUT2D eigenvalue weighted by Gasteiger charge is -2.16. The van der Waals surface area contributed by atoms with Crippen LogP contribution in [0.15, 0.2) is 71.6 Å². The molecule has 0 radical (unpaired) electrons. The summed E-state index contributed by atoms with van der Waals surface area (Å²) in [6.45, 7) is 5.57. The number of hydrogen-bond donors (Lipinski definition) is 2. The zero-order chi connectivity index (χ0) is 24.0. The molecular weight excluding hydrogens is 438 g/mol. The molecule has 0 spiro atoms. The summed E-state index contributed by atoms with van der Waals surface area (Å²) in [5.41, 5.74) is 3.22. The van der Waals surface area contributed by atoms with Gasteiger partial charge in [-0.05, 0) is 55.7 Å². The predicted octanol–water partition coefficient (Wildman–Crippen LogP) is 5.97. The highest BCUT2D eigenvalue weighted by Crippen LogP contribution is 2.30. The SMILES string of the molecule is CCC(Sc1cccc(NC(=O)c2ccccc2C)c1)C(=O)Nc1cc([N+](=O)[O-])ccc1C. The van der Waals surface area contributed by atoms with Crippen LogP contribution >= 0.6 is 11.8 Å². The summed E-state index contributed by atoms with van der Waals surface area (Å²) in [7, 11) is 0. The van der Waals surface area contributed by atoms with Crippen molar-refractivity contribution in [3.05, 3.63) is 93.5 Å².